The average molecular weight is 145 g/mol. The van der Waals surface area contributed by atoms with Crippen molar-refractivity contribution < 1.29 is 19.5 Å². The number of hydrogen-bond donors (Lipinski definition) is 2. The molecule has 0 aromatic rings. The van der Waals surface area contributed by atoms with E-state index in [1.54, 1.807) is 0 Å². The van der Waals surface area contributed by atoms with Crippen LogP contribution in [0, 0.1) is 0 Å². The Hall–Kier alpha value is -1.39. The van der Waals surface area contributed by atoms with Crippen LogP contribution < -0.4 is 5.32 Å². The highest BCUT2D eigenvalue weighted by Gasteiger charge is 2.15. The molecule has 1 saturated heterocycles. The van der Waals surface area contributed by atoms with Crippen LogP contribution >= 0.6 is 0 Å². The van der Waals surface area contributed by atoms with Crippen molar-refractivity contribution in [1.82, 2.24) is 5.32 Å². The summed E-state index contributed by atoms with van der Waals surface area (Å²) in [6.45, 7) is -0.250. The Bertz CT molecular complexity index is 140. The largest absolute Gasteiger partial charge is 0.483 e. The van der Waals surface area contributed by atoms with Crippen molar-refractivity contribution in [1.29, 1.82) is 0 Å². The molecule has 0 aliphatic carbocycles. The second-order valence-corrected chi connectivity index (χ2v) is 1.58. The molecule has 0 spiro atoms. The van der Waals surface area contributed by atoms with E-state index < -0.39 is 0 Å². The molecule has 5 heteroatoms. The fourth-order valence-corrected chi connectivity index (χ4v) is 0.508. The molecule has 0 unspecified atom stereocenters. The second kappa shape index (κ2) is 4.49. The van der Waals surface area contributed by atoms with Gasteiger partial charge >= 0.3 is 0 Å². The molecule has 1 aliphatic rings. The molecule has 0 aromatic carbocycles. The van der Waals surface area contributed by atoms with Gasteiger partial charge in [-0.15, -0.1) is 0 Å². The lowest BCUT2D eigenvalue weighted by Crippen LogP contribution is -2.18. The Morgan fingerprint density at radius 3 is 1.70 bits per heavy atom. The van der Waals surface area contributed by atoms with Gasteiger partial charge in [-0.3, -0.25) is 19.7 Å². The number of amides is 2. The molecule has 1 rings (SSSR count). The third-order valence-electron chi connectivity index (χ3n) is 0.858. The van der Waals surface area contributed by atoms with E-state index in [9.17, 15) is 9.59 Å². The van der Waals surface area contributed by atoms with Gasteiger partial charge in [0.05, 0.1) is 0 Å². The van der Waals surface area contributed by atoms with E-state index in [2.05, 4.69) is 5.32 Å². The van der Waals surface area contributed by atoms with Gasteiger partial charge in [0.1, 0.15) is 0 Å². The van der Waals surface area contributed by atoms with Crippen LogP contribution in [0.15, 0.2) is 0 Å². The van der Waals surface area contributed by atoms with Crippen molar-refractivity contribution in [2.24, 2.45) is 0 Å². The van der Waals surface area contributed by atoms with Crippen LogP contribution in [-0.2, 0) is 14.4 Å². The van der Waals surface area contributed by atoms with E-state index >= 15 is 0 Å². The molecular formula is C5H7NO4. The molecule has 0 saturated carbocycles. The molecule has 5 nitrogen and oxygen atoms in total. The predicted octanol–water partition coefficient (Wildman–Crippen LogP) is -0.876. The first-order valence-electron chi connectivity index (χ1n) is 2.61. The highest BCUT2D eigenvalue weighted by molar-refractivity contribution is 6.01. The van der Waals surface area contributed by atoms with E-state index in [-0.39, 0.29) is 18.3 Å². The first-order valence-corrected chi connectivity index (χ1v) is 2.61. The number of nitrogens with one attached hydrogen (secondary N) is 1. The molecular weight excluding hydrogens is 138 g/mol. The van der Waals surface area contributed by atoms with E-state index in [0.29, 0.717) is 12.8 Å². The Morgan fingerprint density at radius 1 is 1.30 bits per heavy atom. The minimum atomic E-state index is -0.250. The van der Waals surface area contributed by atoms with Crippen molar-refractivity contribution in [3.05, 3.63) is 0 Å². The summed E-state index contributed by atoms with van der Waals surface area (Å²) in [4.78, 5) is 28.6. The zero-order chi connectivity index (χ0) is 7.98. The minimum absolute atomic E-state index is 0.148. The Kier molecular flexibility index (Phi) is 3.86. The molecule has 2 amide bonds. The number of rotatable bonds is 0. The summed E-state index contributed by atoms with van der Waals surface area (Å²) in [5.41, 5.74) is 0. The highest BCUT2D eigenvalue weighted by Crippen LogP contribution is 1.95. The number of carbonyl (C=O) groups is 3. The minimum Gasteiger partial charge on any atom is -0.483 e. The lowest BCUT2D eigenvalue weighted by Gasteiger charge is -1.79. The number of carboxylic acid groups (broad SMARTS) is 1. The Labute approximate surface area is 57.0 Å². The lowest BCUT2D eigenvalue weighted by atomic mass is 10.4. The summed E-state index contributed by atoms with van der Waals surface area (Å²) in [7, 11) is 0. The number of imide groups is 1. The smallest absolute Gasteiger partial charge is 0.290 e. The lowest BCUT2D eigenvalue weighted by molar-refractivity contribution is -0.125. The van der Waals surface area contributed by atoms with Gasteiger partial charge in [-0.1, -0.05) is 0 Å². The third kappa shape index (κ3) is 3.59. The molecule has 1 aliphatic heterocycles. The second-order valence-electron chi connectivity index (χ2n) is 1.58. The summed E-state index contributed by atoms with van der Waals surface area (Å²) < 4.78 is 0. The van der Waals surface area contributed by atoms with Gasteiger partial charge < -0.3 is 5.11 Å². The molecule has 0 radical (unpaired) electrons. The van der Waals surface area contributed by atoms with E-state index in [1.807, 2.05) is 0 Å². The van der Waals surface area contributed by atoms with Crippen molar-refractivity contribution in [3.8, 4) is 0 Å². The summed E-state index contributed by atoms with van der Waals surface area (Å²) >= 11 is 0. The van der Waals surface area contributed by atoms with Crippen molar-refractivity contribution in [2.45, 2.75) is 12.8 Å². The molecule has 0 bridgehead atoms. The standard InChI is InChI=1S/C4H5NO2.CH2O2/c6-3-1-2-4(7)5-3;2-1-3/h1-2H2,(H,5,6,7);1H,(H,2,3). The van der Waals surface area contributed by atoms with Crippen LogP contribution in [0.2, 0.25) is 0 Å². The molecule has 10 heavy (non-hydrogen) atoms. The topological polar surface area (TPSA) is 83.5 Å². The average Bonchev–Trinajstić information content (AvgIpc) is 2.17. The summed E-state index contributed by atoms with van der Waals surface area (Å²) in [5.74, 6) is -0.296. The van der Waals surface area contributed by atoms with E-state index in [1.165, 1.54) is 0 Å². The molecule has 1 fully saturated rings. The fraction of sp³-hybridized carbons (Fsp3) is 0.400. The normalized spacial score (nSPS) is 15.2. The predicted molar refractivity (Wildman–Crippen MR) is 31.1 cm³/mol. The van der Waals surface area contributed by atoms with Crippen LogP contribution in [0.1, 0.15) is 12.8 Å². The fourth-order valence-electron chi connectivity index (χ4n) is 0.508. The van der Waals surface area contributed by atoms with Gasteiger partial charge in [0.15, 0.2) is 0 Å². The molecule has 0 aromatic heterocycles. The van der Waals surface area contributed by atoms with Gasteiger partial charge in [-0.25, -0.2) is 0 Å². The summed E-state index contributed by atoms with van der Waals surface area (Å²) in [6.07, 6.45) is 0.748. The third-order valence-corrected chi connectivity index (χ3v) is 0.858. The first-order chi connectivity index (χ1) is 4.70. The number of hydrogen-bond acceptors (Lipinski definition) is 3. The molecule has 1 heterocycles. The van der Waals surface area contributed by atoms with Crippen molar-refractivity contribution >= 4 is 18.3 Å². The number of carbonyl (C=O) groups excluding carboxylic acids is 2. The molecule has 0 atom stereocenters. The van der Waals surface area contributed by atoms with Crippen molar-refractivity contribution in [2.75, 3.05) is 0 Å². The monoisotopic (exact) mass is 145 g/mol. The Balaban J connectivity index is 0.000000236. The molecule has 56 valence electrons. The SMILES string of the molecule is O=C1CCC(=O)N1.O=CO. The Morgan fingerprint density at radius 2 is 1.60 bits per heavy atom. The van der Waals surface area contributed by atoms with Crippen LogP contribution in [0.4, 0.5) is 0 Å². The van der Waals surface area contributed by atoms with Gasteiger partial charge in [-0.05, 0) is 0 Å². The van der Waals surface area contributed by atoms with E-state index in [4.69, 9.17) is 9.90 Å². The maximum absolute atomic E-state index is 10.1. The highest BCUT2D eigenvalue weighted by atomic mass is 16.3. The van der Waals surface area contributed by atoms with Gasteiger partial charge in [0, 0.05) is 12.8 Å². The van der Waals surface area contributed by atoms with Gasteiger partial charge in [0.2, 0.25) is 11.8 Å². The maximum atomic E-state index is 10.1. The summed E-state index contributed by atoms with van der Waals surface area (Å²) in [6, 6.07) is 0. The molecule has 2 N–H and O–H groups in total. The zero-order valence-electron chi connectivity index (χ0n) is 5.16. The van der Waals surface area contributed by atoms with Gasteiger partial charge in [-0.2, -0.15) is 0 Å². The van der Waals surface area contributed by atoms with Crippen molar-refractivity contribution in [3.63, 3.8) is 0 Å². The van der Waals surface area contributed by atoms with E-state index in [0.717, 1.165) is 0 Å². The van der Waals surface area contributed by atoms with Crippen LogP contribution in [-0.4, -0.2) is 23.4 Å². The zero-order valence-corrected chi connectivity index (χ0v) is 5.16. The van der Waals surface area contributed by atoms with Crippen LogP contribution in [0.5, 0.6) is 0 Å². The van der Waals surface area contributed by atoms with Crippen LogP contribution in [0.3, 0.4) is 0 Å². The first kappa shape index (κ1) is 8.61. The maximum Gasteiger partial charge on any atom is 0.290 e. The van der Waals surface area contributed by atoms with Crippen LogP contribution in [0.25, 0.3) is 0 Å². The quantitative estimate of drug-likeness (QED) is 0.342. The summed E-state index contributed by atoms with van der Waals surface area (Å²) in [5, 5.41) is 9.03. The van der Waals surface area contributed by atoms with Gasteiger partial charge in [0.25, 0.3) is 6.47 Å².